The van der Waals surface area contributed by atoms with Crippen molar-refractivity contribution in [3.8, 4) is 5.75 Å². The number of aromatic nitrogens is 3. The van der Waals surface area contributed by atoms with Crippen molar-refractivity contribution in [2.24, 2.45) is 0 Å². The zero-order chi connectivity index (χ0) is 26.4. The lowest BCUT2D eigenvalue weighted by atomic mass is 10.1. The van der Waals surface area contributed by atoms with Crippen molar-refractivity contribution in [1.82, 2.24) is 19.3 Å². The quantitative estimate of drug-likeness (QED) is 0.354. The molecular formula is C26H29N5O5. The van der Waals surface area contributed by atoms with Gasteiger partial charge in [0.1, 0.15) is 22.5 Å². The summed E-state index contributed by atoms with van der Waals surface area (Å²) in [7, 11) is 1.62. The van der Waals surface area contributed by atoms with Crippen LogP contribution in [0.2, 0.25) is 0 Å². The lowest BCUT2D eigenvalue weighted by Crippen LogP contribution is -2.35. The number of carbonyl (C=O) groups excluding carboxylic acids is 1. The molecule has 10 nitrogen and oxygen atoms in total. The van der Waals surface area contributed by atoms with Crippen molar-refractivity contribution in [2.75, 3.05) is 13.7 Å². The number of carboxylic acid groups (broad SMARTS) is 1. The molecule has 0 radical (unpaired) electrons. The van der Waals surface area contributed by atoms with Crippen molar-refractivity contribution >= 4 is 28.6 Å². The lowest BCUT2D eigenvalue weighted by molar-refractivity contribution is -0.134. The number of hydrogen-bond acceptors (Lipinski definition) is 6. The smallest absolute Gasteiger partial charge is 0.300 e. The molecule has 0 spiro atoms. The van der Waals surface area contributed by atoms with Gasteiger partial charge in [0.05, 0.1) is 18.1 Å². The Morgan fingerprint density at radius 2 is 1.83 bits per heavy atom. The Morgan fingerprint density at radius 3 is 2.44 bits per heavy atom. The standard InChI is InChI=1S/C24H25N5O3.C2H4O2/c1-4-28-20(25)18(23(30)26-12-11-16-7-9-17(32-3)10-8-16)14-19-22(28)27-21-15(2)6-5-13-29(21)24(19)31;1-2(3)4/h5-10,13-14,25H,4,11-12H2,1-3H3,(H,26,30);1H3,(H,3,4). The summed E-state index contributed by atoms with van der Waals surface area (Å²) in [4.78, 5) is 39.7. The number of ether oxygens (including phenoxy) is 1. The number of rotatable bonds is 6. The van der Waals surface area contributed by atoms with Gasteiger partial charge in [0.25, 0.3) is 17.4 Å². The van der Waals surface area contributed by atoms with Crippen LogP contribution >= 0.6 is 0 Å². The number of amides is 1. The van der Waals surface area contributed by atoms with Crippen LogP contribution in [0.5, 0.6) is 5.75 Å². The number of methoxy groups -OCH3 is 1. The second-order valence-corrected chi connectivity index (χ2v) is 8.06. The van der Waals surface area contributed by atoms with Crippen molar-refractivity contribution in [3.05, 3.63) is 81.2 Å². The third-order valence-electron chi connectivity index (χ3n) is 5.55. The third kappa shape index (κ3) is 5.60. The highest BCUT2D eigenvalue weighted by Gasteiger charge is 2.17. The fourth-order valence-corrected chi connectivity index (χ4v) is 3.79. The molecule has 0 bridgehead atoms. The minimum Gasteiger partial charge on any atom is -0.497 e. The predicted octanol–water partition coefficient (Wildman–Crippen LogP) is 2.53. The maximum absolute atomic E-state index is 13.2. The molecule has 4 rings (SSSR count). The summed E-state index contributed by atoms with van der Waals surface area (Å²) in [5.74, 6) is -0.444. The van der Waals surface area contributed by atoms with E-state index in [2.05, 4.69) is 10.3 Å². The van der Waals surface area contributed by atoms with Gasteiger partial charge in [-0.2, -0.15) is 0 Å². The number of aliphatic carboxylic acids is 1. The molecule has 10 heteroatoms. The number of nitrogens with zero attached hydrogens (tertiary/aromatic N) is 3. The highest BCUT2D eigenvalue weighted by Crippen LogP contribution is 2.13. The molecule has 0 saturated heterocycles. The maximum Gasteiger partial charge on any atom is 0.300 e. The Hall–Kier alpha value is -4.47. The number of carbonyl (C=O) groups is 2. The SMILES string of the molecule is CC(=O)O.CCn1c(=N)c(C(=O)NCCc2ccc(OC)cc2)cc2c(=O)n3cccc(C)c3nc21. The van der Waals surface area contributed by atoms with Crippen LogP contribution in [0.3, 0.4) is 0 Å². The molecule has 3 heterocycles. The maximum atomic E-state index is 13.2. The molecule has 188 valence electrons. The van der Waals surface area contributed by atoms with Crippen LogP contribution in [0, 0.1) is 12.3 Å². The van der Waals surface area contributed by atoms with Crippen LogP contribution in [-0.2, 0) is 17.8 Å². The predicted molar refractivity (Wildman–Crippen MR) is 136 cm³/mol. The van der Waals surface area contributed by atoms with E-state index in [9.17, 15) is 9.59 Å². The molecule has 0 atom stereocenters. The highest BCUT2D eigenvalue weighted by atomic mass is 16.5. The van der Waals surface area contributed by atoms with Gasteiger partial charge in [0.2, 0.25) is 0 Å². The normalized spacial score (nSPS) is 10.6. The van der Waals surface area contributed by atoms with Crippen LogP contribution in [0.4, 0.5) is 0 Å². The third-order valence-corrected chi connectivity index (χ3v) is 5.55. The first-order valence-corrected chi connectivity index (χ1v) is 11.4. The molecule has 36 heavy (non-hydrogen) atoms. The number of benzene rings is 1. The van der Waals surface area contributed by atoms with E-state index in [4.69, 9.17) is 20.0 Å². The Labute approximate surface area is 207 Å². The number of carboxylic acids is 1. The van der Waals surface area contributed by atoms with Gasteiger partial charge in [0.15, 0.2) is 0 Å². The van der Waals surface area contributed by atoms with Crippen molar-refractivity contribution in [1.29, 1.82) is 5.41 Å². The Morgan fingerprint density at radius 1 is 1.17 bits per heavy atom. The number of fused-ring (bicyclic) bond motifs is 2. The Bertz CT molecular complexity index is 1530. The molecule has 3 aromatic heterocycles. The largest absolute Gasteiger partial charge is 0.497 e. The van der Waals surface area contributed by atoms with Gasteiger partial charge in [-0.25, -0.2) is 4.98 Å². The summed E-state index contributed by atoms with van der Waals surface area (Å²) < 4.78 is 8.24. The second-order valence-electron chi connectivity index (χ2n) is 8.06. The van der Waals surface area contributed by atoms with Crippen LogP contribution in [0.15, 0.2) is 53.5 Å². The van der Waals surface area contributed by atoms with Gasteiger partial charge in [-0.3, -0.25) is 24.2 Å². The van der Waals surface area contributed by atoms with Crippen molar-refractivity contribution in [3.63, 3.8) is 0 Å². The van der Waals surface area contributed by atoms with Crippen molar-refractivity contribution in [2.45, 2.75) is 33.7 Å². The Kier molecular flexibility index (Phi) is 8.21. The van der Waals surface area contributed by atoms with E-state index in [0.29, 0.717) is 36.2 Å². The molecule has 0 aliphatic heterocycles. The first kappa shape index (κ1) is 26.1. The zero-order valence-corrected chi connectivity index (χ0v) is 20.7. The number of pyridine rings is 2. The molecule has 1 aromatic carbocycles. The van der Waals surface area contributed by atoms with E-state index in [1.165, 1.54) is 10.5 Å². The summed E-state index contributed by atoms with van der Waals surface area (Å²) in [5, 5.41) is 19.2. The van der Waals surface area contributed by atoms with Crippen LogP contribution in [0.25, 0.3) is 16.7 Å². The van der Waals surface area contributed by atoms with Gasteiger partial charge in [-0.05, 0) is 55.7 Å². The molecular weight excluding hydrogens is 462 g/mol. The summed E-state index contributed by atoms with van der Waals surface area (Å²) in [5.41, 5.74) is 2.80. The zero-order valence-electron chi connectivity index (χ0n) is 20.7. The monoisotopic (exact) mass is 491 g/mol. The molecule has 0 aliphatic rings. The molecule has 0 aliphatic carbocycles. The van der Waals surface area contributed by atoms with Gasteiger partial charge in [-0.1, -0.05) is 18.2 Å². The second kappa shape index (κ2) is 11.3. The molecule has 4 aromatic rings. The average molecular weight is 492 g/mol. The van der Waals surface area contributed by atoms with E-state index in [-0.39, 0.29) is 22.5 Å². The van der Waals surface area contributed by atoms with E-state index in [0.717, 1.165) is 23.8 Å². The van der Waals surface area contributed by atoms with E-state index >= 15 is 0 Å². The Balaban J connectivity index is 0.000000840. The van der Waals surface area contributed by atoms with Gasteiger partial charge < -0.3 is 19.7 Å². The number of hydrogen-bond donors (Lipinski definition) is 3. The van der Waals surface area contributed by atoms with E-state index < -0.39 is 5.97 Å². The van der Waals surface area contributed by atoms with Crippen LogP contribution in [-0.4, -0.2) is 44.6 Å². The van der Waals surface area contributed by atoms with Crippen molar-refractivity contribution < 1.29 is 19.4 Å². The average Bonchev–Trinajstić information content (AvgIpc) is 2.84. The van der Waals surface area contributed by atoms with Gasteiger partial charge >= 0.3 is 0 Å². The van der Waals surface area contributed by atoms with Gasteiger partial charge in [-0.15, -0.1) is 0 Å². The van der Waals surface area contributed by atoms with Gasteiger partial charge in [0, 0.05) is 26.2 Å². The fourth-order valence-electron chi connectivity index (χ4n) is 3.79. The van der Waals surface area contributed by atoms with Crippen LogP contribution in [0.1, 0.15) is 35.3 Å². The lowest BCUT2D eigenvalue weighted by Gasteiger charge is -2.14. The van der Waals surface area contributed by atoms with E-state index in [1.807, 2.05) is 44.2 Å². The molecule has 0 saturated carbocycles. The summed E-state index contributed by atoms with van der Waals surface area (Å²) >= 11 is 0. The minimum absolute atomic E-state index is 0.0341. The summed E-state index contributed by atoms with van der Waals surface area (Å²) in [6.45, 7) is 5.65. The first-order valence-electron chi connectivity index (χ1n) is 11.4. The van der Waals surface area contributed by atoms with E-state index in [1.54, 1.807) is 23.9 Å². The van der Waals surface area contributed by atoms with Crippen LogP contribution < -0.4 is 21.1 Å². The molecule has 3 N–H and O–H groups in total. The molecule has 1 amide bonds. The molecule has 0 fully saturated rings. The summed E-state index contributed by atoms with van der Waals surface area (Å²) in [6.07, 6.45) is 2.30. The fraction of sp³-hybridized carbons (Fsp3) is 0.269. The highest BCUT2D eigenvalue weighted by molar-refractivity contribution is 5.96. The number of aryl methyl sites for hydroxylation is 2. The molecule has 0 unspecified atom stereocenters. The topological polar surface area (TPSA) is 139 Å². The summed E-state index contributed by atoms with van der Waals surface area (Å²) in [6, 6.07) is 12.8. The first-order chi connectivity index (χ1) is 17.2. The number of nitrogens with one attached hydrogen (secondary N) is 2. The minimum atomic E-state index is -0.833.